The van der Waals surface area contributed by atoms with E-state index in [4.69, 9.17) is 4.74 Å². The van der Waals surface area contributed by atoms with Crippen LogP contribution in [-0.4, -0.2) is 24.4 Å². The summed E-state index contributed by atoms with van der Waals surface area (Å²) in [4.78, 5) is 0. The van der Waals surface area contributed by atoms with Crippen LogP contribution in [0.4, 0.5) is 0 Å². The Morgan fingerprint density at radius 1 is 1.26 bits per heavy atom. The van der Waals surface area contributed by atoms with E-state index in [-0.39, 0.29) is 12.1 Å². The number of aliphatic hydroxyl groups excluding tert-OH is 1. The molecule has 0 aliphatic rings. The standard InChI is InChI=1S/C16H27NO2/c1-5-19-15-8-6-7-14(11-15)13(4)17-10-9-16(18)12(2)3/h6-8,11-13,16-18H,5,9-10H2,1-4H3. The highest BCUT2D eigenvalue weighted by atomic mass is 16.5. The molecule has 2 atom stereocenters. The van der Waals surface area contributed by atoms with Crippen LogP contribution >= 0.6 is 0 Å². The Balaban J connectivity index is 2.44. The van der Waals surface area contributed by atoms with Gasteiger partial charge in [-0.15, -0.1) is 0 Å². The van der Waals surface area contributed by atoms with Gasteiger partial charge in [-0.05, 0) is 50.4 Å². The molecule has 1 aromatic carbocycles. The molecular formula is C16H27NO2. The van der Waals surface area contributed by atoms with Gasteiger partial charge in [0.05, 0.1) is 12.7 Å². The highest BCUT2D eigenvalue weighted by molar-refractivity contribution is 5.30. The van der Waals surface area contributed by atoms with Crippen molar-refractivity contribution in [2.45, 2.75) is 46.3 Å². The molecule has 1 aromatic rings. The van der Waals surface area contributed by atoms with Crippen LogP contribution in [0.5, 0.6) is 5.75 Å². The summed E-state index contributed by atoms with van der Waals surface area (Å²) in [7, 11) is 0. The third kappa shape index (κ3) is 5.62. The molecule has 0 bridgehead atoms. The molecule has 0 amide bonds. The lowest BCUT2D eigenvalue weighted by Gasteiger charge is -2.18. The SMILES string of the molecule is CCOc1cccc(C(C)NCCC(O)C(C)C)c1. The van der Waals surface area contributed by atoms with Crippen LogP contribution in [-0.2, 0) is 0 Å². The molecule has 2 unspecified atom stereocenters. The molecule has 108 valence electrons. The van der Waals surface area contributed by atoms with Crippen LogP contribution in [0.1, 0.15) is 45.7 Å². The molecule has 0 heterocycles. The molecular weight excluding hydrogens is 238 g/mol. The van der Waals surface area contributed by atoms with Gasteiger partial charge >= 0.3 is 0 Å². The maximum Gasteiger partial charge on any atom is 0.119 e. The highest BCUT2D eigenvalue weighted by Crippen LogP contribution is 2.19. The number of rotatable bonds is 8. The second kappa shape index (κ2) is 8.18. The third-order valence-electron chi connectivity index (χ3n) is 3.33. The molecule has 0 aliphatic carbocycles. The summed E-state index contributed by atoms with van der Waals surface area (Å²) in [6.07, 6.45) is 0.558. The Hall–Kier alpha value is -1.06. The first-order valence-corrected chi connectivity index (χ1v) is 7.18. The Morgan fingerprint density at radius 2 is 2.00 bits per heavy atom. The van der Waals surface area contributed by atoms with Gasteiger partial charge in [-0.3, -0.25) is 0 Å². The number of aliphatic hydroxyl groups is 1. The van der Waals surface area contributed by atoms with E-state index in [1.807, 2.05) is 32.9 Å². The molecule has 0 spiro atoms. The van der Waals surface area contributed by atoms with Crippen molar-refractivity contribution in [3.63, 3.8) is 0 Å². The van der Waals surface area contributed by atoms with Crippen molar-refractivity contribution in [2.24, 2.45) is 5.92 Å². The molecule has 0 saturated carbocycles. The first kappa shape index (κ1) is 16.0. The van der Waals surface area contributed by atoms with Crippen molar-refractivity contribution in [3.8, 4) is 5.75 Å². The average Bonchev–Trinajstić information content (AvgIpc) is 2.39. The number of hydrogen-bond donors (Lipinski definition) is 2. The number of ether oxygens (including phenoxy) is 1. The Kier molecular flexibility index (Phi) is 6.89. The molecule has 0 aliphatic heterocycles. The van der Waals surface area contributed by atoms with Crippen molar-refractivity contribution in [1.82, 2.24) is 5.32 Å². The van der Waals surface area contributed by atoms with Crippen LogP contribution in [0, 0.1) is 5.92 Å². The van der Waals surface area contributed by atoms with Gasteiger partial charge in [0.2, 0.25) is 0 Å². The minimum absolute atomic E-state index is 0.227. The van der Waals surface area contributed by atoms with Gasteiger partial charge in [0.25, 0.3) is 0 Å². The number of hydrogen-bond acceptors (Lipinski definition) is 3. The van der Waals surface area contributed by atoms with Crippen LogP contribution < -0.4 is 10.1 Å². The Labute approximate surface area is 117 Å². The van der Waals surface area contributed by atoms with Crippen molar-refractivity contribution in [3.05, 3.63) is 29.8 Å². The van der Waals surface area contributed by atoms with Gasteiger partial charge < -0.3 is 15.2 Å². The third-order valence-corrected chi connectivity index (χ3v) is 3.33. The van der Waals surface area contributed by atoms with E-state index in [0.717, 1.165) is 18.7 Å². The minimum atomic E-state index is -0.227. The van der Waals surface area contributed by atoms with E-state index in [0.29, 0.717) is 12.5 Å². The van der Waals surface area contributed by atoms with Crippen molar-refractivity contribution in [2.75, 3.05) is 13.2 Å². The van der Waals surface area contributed by atoms with Crippen molar-refractivity contribution in [1.29, 1.82) is 0 Å². The summed E-state index contributed by atoms with van der Waals surface area (Å²) in [6, 6.07) is 8.42. The summed E-state index contributed by atoms with van der Waals surface area (Å²) < 4.78 is 5.50. The number of benzene rings is 1. The van der Waals surface area contributed by atoms with Crippen LogP contribution in [0.15, 0.2) is 24.3 Å². The van der Waals surface area contributed by atoms with Gasteiger partial charge in [-0.2, -0.15) is 0 Å². The molecule has 0 radical (unpaired) electrons. The van der Waals surface area contributed by atoms with E-state index >= 15 is 0 Å². The van der Waals surface area contributed by atoms with Crippen LogP contribution in [0.2, 0.25) is 0 Å². The molecule has 3 nitrogen and oxygen atoms in total. The van der Waals surface area contributed by atoms with Gasteiger partial charge in [0.1, 0.15) is 5.75 Å². The van der Waals surface area contributed by atoms with E-state index in [1.165, 1.54) is 5.56 Å². The monoisotopic (exact) mass is 265 g/mol. The molecule has 0 fully saturated rings. The molecule has 19 heavy (non-hydrogen) atoms. The van der Waals surface area contributed by atoms with E-state index in [1.54, 1.807) is 0 Å². The topological polar surface area (TPSA) is 41.5 Å². The zero-order valence-electron chi connectivity index (χ0n) is 12.5. The van der Waals surface area contributed by atoms with Crippen molar-refractivity contribution < 1.29 is 9.84 Å². The fourth-order valence-corrected chi connectivity index (χ4v) is 1.94. The lowest BCUT2D eigenvalue weighted by molar-refractivity contribution is 0.115. The summed E-state index contributed by atoms with van der Waals surface area (Å²) in [5.41, 5.74) is 1.21. The quantitative estimate of drug-likeness (QED) is 0.758. The predicted molar refractivity (Wildman–Crippen MR) is 79.5 cm³/mol. The summed E-state index contributed by atoms with van der Waals surface area (Å²) in [5, 5.41) is 13.2. The van der Waals surface area contributed by atoms with Crippen molar-refractivity contribution >= 4 is 0 Å². The zero-order valence-corrected chi connectivity index (χ0v) is 12.5. The molecule has 1 rings (SSSR count). The summed E-state index contributed by atoms with van der Waals surface area (Å²) in [6.45, 7) is 9.71. The second-order valence-corrected chi connectivity index (χ2v) is 5.28. The highest BCUT2D eigenvalue weighted by Gasteiger charge is 2.10. The lowest BCUT2D eigenvalue weighted by Crippen LogP contribution is -2.25. The van der Waals surface area contributed by atoms with E-state index < -0.39 is 0 Å². The minimum Gasteiger partial charge on any atom is -0.494 e. The van der Waals surface area contributed by atoms with Crippen LogP contribution in [0.3, 0.4) is 0 Å². The van der Waals surface area contributed by atoms with E-state index in [2.05, 4.69) is 24.4 Å². The van der Waals surface area contributed by atoms with Crippen LogP contribution in [0.25, 0.3) is 0 Å². The molecule has 0 saturated heterocycles. The van der Waals surface area contributed by atoms with Gasteiger partial charge in [-0.1, -0.05) is 26.0 Å². The molecule has 2 N–H and O–H groups in total. The summed E-state index contributed by atoms with van der Waals surface area (Å²) in [5.74, 6) is 1.23. The fraction of sp³-hybridized carbons (Fsp3) is 0.625. The first-order valence-electron chi connectivity index (χ1n) is 7.18. The van der Waals surface area contributed by atoms with Gasteiger partial charge in [-0.25, -0.2) is 0 Å². The second-order valence-electron chi connectivity index (χ2n) is 5.28. The lowest BCUT2D eigenvalue weighted by atomic mass is 10.0. The normalized spacial score (nSPS) is 14.4. The van der Waals surface area contributed by atoms with E-state index in [9.17, 15) is 5.11 Å². The fourth-order valence-electron chi connectivity index (χ4n) is 1.94. The number of nitrogens with one attached hydrogen (secondary N) is 1. The molecule has 0 aromatic heterocycles. The largest absolute Gasteiger partial charge is 0.494 e. The summed E-state index contributed by atoms with van der Waals surface area (Å²) >= 11 is 0. The maximum atomic E-state index is 9.76. The molecule has 3 heteroatoms. The zero-order chi connectivity index (χ0) is 14.3. The Bertz CT molecular complexity index is 366. The predicted octanol–water partition coefficient (Wildman–Crippen LogP) is 3.14. The maximum absolute atomic E-state index is 9.76. The smallest absolute Gasteiger partial charge is 0.119 e. The Morgan fingerprint density at radius 3 is 2.63 bits per heavy atom. The first-order chi connectivity index (χ1) is 9.04. The van der Waals surface area contributed by atoms with Gasteiger partial charge in [0, 0.05) is 6.04 Å². The average molecular weight is 265 g/mol. The van der Waals surface area contributed by atoms with Gasteiger partial charge in [0.15, 0.2) is 0 Å².